The van der Waals surface area contributed by atoms with Gasteiger partial charge in [0.05, 0.1) is 0 Å². The lowest BCUT2D eigenvalue weighted by Crippen LogP contribution is -2.09. The summed E-state index contributed by atoms with van der Waals surface area (Å²) in [6.45, 7) is 3.82. The van der Waals surface area contributed by atoms with Crippen molar-refractivity contribution in [1.82, 2.24) is 0 Å². The normalized spacial score (nSPS) is 10.5. The summed E-state index contributed by atoms with van der Waals surface area (Å²) in [5.74, 6) is 0. The Labute approximate surface area is 173 Å². The summed E-state index contributed by atoms with van der Waals surface area (Å²) in [5, 5.41) is 0. The SMILES string of the molecule is C=Cc1ccc(CCc2ccc(N(c3ccccc3)c3ccccc3)cc2)cc1. The van der Waals surface area contributed by atoms with E-state index in [0.29, 0.717) is 0 Å². The molecule has 0 aromatic heterocycles. The summed E-state index contributed by atoms with van der Waals surface area (Å²) < 4.78 is 0. The van der Waals surface area contributed by atoms with E-state index in [1.807, 2.05) is 6.08 Å². The molecule has 0 spiro atoms. The first-order valence-electron chi connectivity index (χ1n) is 10.0. The first-order chi connectivity index (χ1) is 14.3. The molecule has 1 heteroatoms. The number of aryl methyl sites for hydroxylation is 2. The fourth-order valence-electron chi connectivity index (χ4n) is 3.52. The first kappa shape index (κ1) is 18.8. The van der Waals surface area contributed by atoms with Crippen molar-refractivity contribution in [1.29, 1.82) is 0 Å². The Hall–Kier alpha value is -3.58. The van der Waals surface area contributed by atoms with Gasteiger partial charge >= 0.3 is 0 Å². The van der Waals surface area contributed by atoms with E-state index in [9.17, 15) is 0 Å². The van der Waals surface area contributed by atoms with Crippen molar-refractivity contribution in [3.63, 3.8) is 0 Å². The Morgan fingerprint density at radius 2 is 0.931 bits per heavy atom. The van der Waals surface area contributed by atoms with Crippen molar-refractivity contribution in [2.75, 3.05) is 4.90 Å². The molecule has 0 aliphatic carbocycles. The lowest BCUT2D eigenvalue weighted by Gasteiger charge is -2.25. The number of rotatable bonds is 7. The van der Waals surface area contributed by atoms with E-state index in [1.165, 1.54) is 22.4 Å². The van der Waals surface area contributed by atoms with E-state index in [-0.39, 0.29) is 0 Å². The van der Waals surface area contributed by atoms with E-state index in [0.717, 1.165) is 24.2 Å². The standard InChI is InChI=1S/C28H25N/c1-2-23-13-15-24(16-14-23)17-18-25-19-21-28(22-20-25)29(26-9-5-3-6-10-26)27-11-7-4-8-12-27/h2-16,19-22H,1,17-18H2. The zero-order chi connectivity index (χ0) is 19.9. The van der Waals surface area contributed by atoms with Crippen LogP contribution in [0.3, 0.4) is 0 Å². The van der Waals surface area contributed by atoms with Crippen molar-refractivity contribution < 1.29 is 0 Å². The van der Waals surface area contributed by atoms with Crippen LogP contribution < -0.4 is 4.90 Å². The summed E-state index contributed by atoms with van der Waals surface area (Å²) >= 11 is 0. The highest BCUT2D eigenvalue weighted by Gasteiger charge is 2.11. The monoisotopic (exact) mass is 375 g/mol. The molecule has 0 amide bonds. The molecule has 1 nitrogen and oxygen atoms in total. The minimum Gasteiger partial charge on any atom is -0.311 e. The number of nitrogens with zero attached hydrogens (tertiary/aromatic N) is 1. The van der Waals surface area contributed by atoms with Gasteiger partial charge < -0.3 is 4.90 Å². The zero-order valence-electron chi connectivity index (χ0n) is 16.5. The third-order valence-electron chi connectivity index (χ3n) is 5.14. The summed E-state index contributed by atoms with van der Waals surface area (Å²) in [6.07, 6.45) is 3.95. The predicted octanol–water partition coefficient (Wildman–Crippen LogP) is 7.58. The summed E-state index contributed by atoms with van der Waals surface area (Å²) in [7, 11) is 0. The molecule has 0 aliphatic rings. The van der Waals surface area contributed by atoms with Gasteiger partial charge in [0, 0.05) is 17.1 Å². The molecule has 0 unspecified atom stereocenters. The Morgan fingerprint density at radius 3 is 1.38 bits per heavy atom. The molecule has 4 rings (SSSR count). The van der Waals surface area contributed by atoms with E-state index in [2.05, 4.69) is 121 Å². The van der Waals surface area contributed by atoms with Crippen LogP contribution in [0.1, 0.15) is 16.7 Å². The second-order valence-electron chi connectivity index (χ2n) is 7.12. The maximum absolute atomic E-state index is 3.82. The van der Waals surface area contributed by atoms with Crippen molar-refractivity contribution in [3.8, 4) is 0 Å². The molecule has 0 N–H and O–H groups in total. The fourth-order valence-corrected chi connectivity index (χ4v) is 3.52. The van der Waals surface area contributed by atoms with Gasteiger partial charge in [-0.2, -0.15) is 0 Å². The van der Waals surface area contributed by atoms with Gasteiger partial charge in [0.1, 0.15) is 0 Å². The van der Waals surface area contributed by atoms with Crippen molar-refractivity contribution in [3.05, 3.63) is 132 Å². The highest BCUT2D eigenvalue weighted by molar-refractivity contribution is 5.76. The van der Waals surface area contributed by atoms with Crippen molar-refractivity contribution in [2.24, 2.45) is 0 Å². The zero-order valence-corrected chi connectivity index (χ0v) is 16.5. The molecule has 0 atom stereocenters. The molecular weight excluding hydrogens is 350 g/mol. The van der Waals surface area contributed by atoms with Crippen LogP contribution in [0.2, 0.25) is 0 Å². The van der Waals surface area contributed by atoms with Gasteiger partial charge in [-0.3, -0.25) is 0 Å². The van der Waals surface area contributed by atoms with Crippen LogP contribution in [0.4, 0.5) is 17.1 Å². The second-order valence-corrected chi connectivity index (χ2v) is 7.12. The van der Waals surface area contributed by atoms with Gasteiger partial charge in [-0.1, -0.05) is 85.5 Å². The molecule has 0 heterocycles. The highest BCUT2D eigenvalue weighted by atomic mass is 15.1. The number of benzene rings is 4. The third-order valence-corrected chi connectivity index (χ3v) is 5.14. The molecule has 0 radical (unpaired) electrons. The highest BCUT2D eigenvalue weighted by Crippen LogP contribution is 2.34. The van der Waals surface area contributed by atoms with Crippen LogP contribution in [0.25, 0.3) is 6.08 Å². The Morgan fingerprint density at radius 1 is 0.517 bits per heavy atom. The van der Waals surface area contributed by atoms with Crippen LogP contribution in [0.15, 0.2) is 116 Å². The fraction of sp³-hybridized carbons (Fsp3) is 0.0714. The van der Waals surface area contributed by atoms with E-state index in [1.54, 1.807) is 0 Å². The third kappa shape index (κ3) is 4.64. The van der Waals surface area contributed by atoms with Crippen molar-refractivity contribution >= 4 is 23.1 Å². The molecule has 0 saturated heterocycles. The van der Waals surface area contributed by atoms with Crippen LogP contribution in [-0.2, 0) is 12.8 Å². The first-order valence-corrected chi connectivity index (χ1v) is 10.0. The number of hydrogen-bond donors (Lipinski definition) is 0. The topological polar surface area (TPSA) is 3.24 Å². The van der Waals surface area contributed by atoms with Crippen LogP contribution >= 0.6 is 0 Å². The molecule has 29 heavy (non-hydrogen) atoms. The van der Waals surface area contributed by atoms with E-state index in [4.69, 9.17) is 0 Å². The Kier molecular flexibility index (Phi) is 5.87. The molecule has 0 aliphatic heterocycles. The molecule has 0 fully saturated rings. The molecular formula is C28H25N. The van der Waals surface area contributed by atoms with Gasteiger partial charge in [0.25, 0.3) is 0 Å². The Bertz CT molecular complexity index is 993. The van der Waals surface area contributed by atoms with Crippen LogP contribution in [0, 0.1) is 0 Å². The summed E-state index contributed by atoms with van der Waals surface area (Å²) in [6, 6.07) is 38.6. The van der Waals surface area contributed by atoms with E-state index >= 15 is 0 Å². The van der Waals surface area contributed by atoms with Gasteiger partial charge in [-0.25, -0.2) is 0 Å². The maximum atomic E-state index is 3.82. The average Bonchev–Trinajstić information content (AvgIpc) is 2.80. The Balaban J connectivity index is 1.53. The molecule has 4 aromatic carbocycles. The number of para-hydroxylation sites is 2. The average molecular weight is 376 g/mol. The number of hydrogen-bond acceptors (Lipinski definition) is 1. The van der Waals surface area contributed by atoms with Crippen LogP contribution in [-0.4, -0.2) is 0 Å². The minimum atomic E-state index is 1.03. The quantitative estimate of drug-likeness (QED) is 0.322. The second kappa shape index (κ2) is 9.07. The largest absolute Gasteiger partial charge is 0.311 e. The predicted molar refractivity (Wildman–Crippen MR) is 125 cm³/mol. The van der Waals surface area contributed by atoms with Crippen molar-refractivity contribution in [2.45, 2.75) is 12.8 Å². The van der Waals surface area contributed by atoms with Gasteiger partial charge in [0.2, 0.25) is 0 Å². The lowest BCUT2D eigenvalue weighted by atomic mass is 10.0. The van der Waals surface area contributed by atoms with Crippen LogP contribution in [0.5, 0.6) is 0 Å². The van der Waals surface area contributed by atoms with Gasteiger partial charge in [-0.15, -0.1) is 0 Å². The van der Waals surface area contributed by atoms with E-state index < -0.39 is 0 Å². The minimum absolute atomic E-state index is 1.03. The molecule has 142 valence electrons. The number of anilines is 3. The van der Waals surface area contributed by atoms with Gasteiger partial charge in [0.15, 0.2) is 0 Å². The van der Waals surface area contributed by atoms with Gasteiger partial charge in [-0.05, 0) is 65.9 Å². The molecule has 4 aromatic rings. The summed E-state index contributed by atoms with van der Waals surface area (Å²) in [5.41, 5.74) is 7.36. The molecule has 0 saturated carbocycles. The smallest absolute Gasteiger partial charge is 0.0461 e. The lowest BCUT2D eigenvalue weighted by molar-refractivity contribution is 0.960. The molecule has 0 bridgehead atoms. The maximum Gasteiger partial charge on any atom is 0.0461 e. The summed E-state index contributed by atoms with van der Waals surface area (Å²) in [4.78, 5) is 2.29.